The second kappa shape index (κ2) is 8.01. The summed E-state index contributed by atoms with van der Waals surface area (Å²) in [6.07, 6.45) is 1.65. The minimum atomic E-state index is -0.290. The maximum Gasteiger partial charge on any atom is 0.293 e. The minimum absolute atomic E-state index is 0.251. The molecule has 5 rings (SSSR count). The van der Waals surface area contributed by atoms with Crippen molar-refractivity contribution in [2.75, 3.05) is 31.2 Å². The van der Waals surface area contributed by atoms with Crippen molar-refractivity contribution in [1.82, 2.24) is 4.90 Å². The molecule has 7 heteroatoms. The molecule has 2 fully saturated rings. The van der Waals surface area contributed by atoms with Crippen LogP contribution in [-0.4, -0.2) is 42.3 Å². The average Bonchev–Trinajstić information content (AvgIpc) is 3.35. The van der Waals surface area contributed by atoms with Crippen LogP contribution < -0.4 is 4.90 Å². The zero-order valence-electron chi connectivity index (χ0n) is 16.2. The van der Waals surface area contributed by atoms with Gasteiger partial charge in [0.05, 0.1) is 24.7 Å². The molecule has 30 heavy (non-hydrogen) atoms. The topological polar surface area (TPSA) is 63.0 Å². The Morgan fingerprint density at radius 2 is 1.77 bits per heavy atom. The molecule has 0 spiro atoms. The van der Waals surface area contributed by atoms with Crippen molar-refractivity contribution in [3.05, 3.63) is 70.8 Å². The lowest BCUT2D eigenvalue weighted by Crippen LogP contribution is -2.35. The van der Waals surface area contributed by atoms with Crippen molar-refractivity contribution >= 4 is 45.6 Å². The molecule has 0 aliphatic carbocycles. The number of nitrogens with zero attached hydrogens (tertiary/aromatic N) is 2. The SMILES string of the molecule is O=C1S/C(=C/c2ccc(N3CCOCC3)o2)C(=O)N1Cc1cccc2ccccc12. The summed E-state index contributed by atoms with van der Waals surface area (Å²) >= 11 is 0.951. The van der Waals surface area contributed by atoms with Crippen LogP contribution in [0, 0.1) is 0 Å². The van der Waals surface area contributed by atoms with Gasteiger partial charge in [-0.1, -0.05) is 42.5 Å². The highest BCUT2D eigenvalue weighted by Crippen LogP contribution is 2.35. The molecule has 0 radical (unpaired) electrons. The van der Waals surface area contributed by atoms with Crippen molar-refractivity contribution in [2.45, 2.75) is 6.54 Å². The highest BCUT2D eigenvalue weighted by atomic mass is 32.2. The first kappa shape index (κ1) is 19.0. The number of rotatable bonds is 4. The van der Waals surface area contributed by atoms with Crippen LogP contribution in [0.2, 0.25) is 0 Å². The Morgan fingerprint density at radius 3 is 2.63 bits per heavy atom. The number of anilines is 1. The molecule has 0 unspecified atom stereocenters. The van der Waals surface area contributed by atoms with Gasteiger partial charge in [-0.05, 0) is 34.2 Å². The summed E-state index contributed by atoms with van der Waals surface area (Å²) in [6, 6.07) is 17.6. The molecule has 1 aromatic heterocycles. The van der Waals surface area contributed by atoms with E-state index in [1.54, 1.807) is 6.08 Å². The number of benzene rings is 2. The van der Waals surface area contributed by atoms with Gasteiger partial charge in [0.25, 0.3) is 11.1 Å². The van der Waals surface area contributed by atoms with Crippen LogP contribution in [0.15, 0.2) is 63.9 Å². The molecule has 152 valence electrons. The van der Waals surface area contributed by atoms with E-state index in [1.165, 1.54) is 4.90 Å². The van der Waals surface area contributed by atoms with E-state index >= 15 is 0 Å². The molecule has 0 bridgehead atoms. The van der Waals surface area contributed by atoms with Crippen molar-refractivity contribution in [3.8, 4) is 0 Å². The number of carbonyl (C=O) groups excluding carboxylic acids is 2. The van der Waals surface area contributed by atoms with E-state index in [4.69, 9.17) is 9.15 Å². The first-order chi connectivity index (χ1) is 14.7. The Balaban J connectivity index is 1.36. The monoisotopic (exact) mass is 420 g/mol. The number of carbonyl (C=O) groups is 2. The molecule has 0 N–H and O–H groups in total. The lowest BCUT2D eigenvalue weighted by Gasteiger charge is -2.26. The molecule has 3 aromatic rings. The summed E-state index contributed by atoms with van der Waals surface area (Å²) in [5, 5.41) is 1.87. The summed E-state index contributed by atoms with van der Waals surface area (Å²) in [7, 11) is 0. The van der Waals surface area contributed by atoms with E-state index in [2.05, 4.69) is 4.90 Å². The van der Waals surface area contributed by atoms with Gasteiger partial charge in [0.1, 0.15) is 5.76 Å². The number of hydrogen-bond donors (Lipinski definition) is 0. The molecule has 0 atom stereocenters. The Kier molecular flexibility index (Phi) is 5.06. The number of ether oxygens (including phenoxy) is 1. The van der Waals surface area contributed by atoms with Crippen molar-refractivity contribution in [3.63, 3.8) is 0 Å². The minimum Gasteiger partial charge on any atom is -0.441 e. The van der Waals surface area contributed by atoms with E-state index < -0.39 is 0 Å². The van der Waals surface area contributed by atoms with Gasteiger partial charge in [-0.25, -0.2) is 0 Å². The third kappa shape index (κ3) is 3.62. The fraction of sp³-hybridized carbons (Fsp3) is 0.217. The van der Waals surface area contributed by atoms with Gasteiger partial charge in [-0.15, -0.1) is 0 Å². The average molecular weight is 420 g/mol. The van der Waals surface area contributed by atoms with Gasteiger partial charge >= 0.3 is 0 Å². The van der Waals surface area contributed by atoms with E-state index in [-0.39, 0.29) is 17.7 Å². The van der Waals surface area contributed by atoms with Crippen molar-refractivity contribution < 1.29 is 18.7 Å². The molecular weight excluding hydrogens is 400 g/mol. The summed E-state index contributed by atoms with van der Waals surface area (Å²) in [5.41, 5.74) is 0.948. The molecule has 2 aromatic carbocycles. The first-order valence-corrected chi connectivity index (χ1v) is 10.7. The Morgan fingerprint density at radius 1 is 0.967 bits per heavy atom. The molecular formula is C23H20N2O4S. The predicted octanol–water partition coefficient (Wildman–Crippen LogP) is 4.51. The van der Waals surface area contributed by atoms with Gasteiger partial charge in [0.2, 0.25) is 0 Å². The molecule has 2 amide bonds. The zero-order valence-corrected chi connectivity index (χ0v) is 17.1. The standard InChI is InChI=1S/C23H20N2O4S/c26-22-20(14-18-8-9-21(29-18)24-10-12-28-13-11-24)30-23(27)25(22)15-17-6-3-5-16-4-1-2-7-19(16)17/h1-9,14H,10-13,15H2/b20-14+. The Hall–Kier alpha value is -3.03. The molecule has 2 aliphatic heterocycles. The Labute approximate surface area is 178 Å². The van der Waals surface area contributed by atoms with Crippen LogP contribution in [-0.2, 0) is 16.1 Å². The molecule has 2 saturated heterocycles. The number of furan rings is 1. The number of thioether (sulfide) groups is 1. The van der Waals surface area contributed by atoms with Gasteiger partial charge in [0.15, 0.2) is 5.88 Å². The molecule has 2 aliphatic rings. The maximum atomic E-state index is 12.9. The number of morpholine rings is 1. The molecule has 6 nitrogen and oxygen atoms in total. The van der Waals surface area contributed by atoms with Crippen molar-refractivity contribution in [2.24, 2.45) is 0 Å². The smallest absolute Gasteiger partial charge is 0.293 e. The van der Waals surface area contributed by atoms with E-state index in [0.717, 1.165) is 47.1 Å². The zero-order chi connectivity index (χ0) is 20.5. The van der Waals surface area contributed by atoms with Gasteiger partial charge in [-0.2, -0.15) is 0 Å². The fourth-order valence-electron chi connectivity index (χ4n) is 3.74. The van der Waals surface area contributed by atoms with Gasteiger partial charge in [0, 0.05) is 25.2 Å². The third-order valence-electron chi connectivity index (χ3n) is 5.29. The summed E-state index contributed by atoms with van der Waals surface area (Å²) in [4.78, 5) is 29.2. The summed E-state index contributed by atoms with van der Waals surface area (Å²) in [6.45, 7) is 3.13. The lowest BCUT2D eigenvalue weighted by atomic mass is 10.0. The van der Waals surface area contributed by atoms with Crippen LogP contribution in [0.25, 0.3) is 16.8 Å². The maximum absolute atomic E-state index is 12.9. The number of amides is 2. The summed E-state index contributed by atoms with van der Waals surface area (Å²) in [5.74, 6) is 1.02. The number of hydrogen-bond acceptors (Lipinski definition) is 6. The summed E-state index contributed by atoms with van der Waals surface area (Å²) < 4.78 is 11.2. The molecule has 0 saturated carbocycles. The van der Waals surface area contributed by atoms with E-state index in [9.17, 15) is 9.59 Å². The Bertz CT molecular complexity index is 1140. The van der Waals surface area contributed by atoms with Gasteiger partial charge in [-0.3, -0.25) is 14.5 Å². The van der Waals surface area contributed by atoms with Crippen LogP contribution in [0.5, 0.6) is 0 Å². The van der Waals surface area contributed by atoms with Crippen LogP contribution in [0.4, 0.5) is 10.7 Å². The van der Waals surface area contributed by atoms with Gasteiger partial charge < -0.3 is 14.1 Å². The van der Waals surface area contributed by atoms with Crippen molar-refractivity contribution in [1.29, 1.82) is 0 Å². The van der Waals surface area contributed by atoms with E-state index in [1.807, 2.05) is 54.6 Å². The second-order valence-corrected chi connectivity index (χ2v) is 8.17. The molecule has 3 heterocycles. The fourth-order valence-corrected chi connectivity index (χ4v) is 4.56. The highest BCUT2D eigenvalue weighted by molar-refractivity contribution is 8.18. The third-order valence-corrected chi connectivity index (χ3v) is 6.20. The normalized spacial score (nSPS) is 18.7. The van der Waals surface area contributed by atoms with Crippen LogP contribution in [0.1, 0.15) is 11.3 Å². The first-order valence-electron chi connectivity index (χ1n) is 9.83. The predicted molar refractivity (Wildman–Crippen MR) is 117 cm³/mol. The van der Waals surface area contributed by atoms with E-state index in [0.29, 0.717) is 23.9 Å². The highest BCUT2D eigenvalue weighted by Gasteiger charge is 2.35. The lowest BCUT2D eigenvalue weighted by molar-refractivity contribution is -0.123. The van der Waals surface area contributed by atoms with Crippen LogP contribution >= 0.6 is 11.8 Å². The largest absolute Gasteiger partial charge is 0.441 e. The second-order valence-electron chi connectivity index (χ2n) is 7.18. The quantitative estimate of drug-likeness (QED) is 0.579. The number of imide groups is 1. The van der Waals surface area contributed by atoms with Crippen LogP contribution in [0.3, 0.4) is 0 Å². The number of fused-ring (bicyclic) bond motifs is 1.